The Morgan fingerprint density at radius 1 is 0.833 bits per heavy atom. The Morgan fingerprint density at radius 3 is 1.78 bits per heavy atom. The molecule has 2 rings (SSSR count). The monoisotopic (exact) mass is 259 g/mol. The normalized spacial score (nSPS) is 11.0. The van der Waals surface area contributed by atoms with Gasteiger partial charge in [-0.25, -0.2) is 0 Å². The number of hydrogen-bond donors (Lipinski definition) is 1. The molecule has 0 atom stereocenters. The van der Waals surface area contributed by atoms with E-state index in [1.165, 1.54) is 43.1 Å². The number of hydrogen-bond acceptors (Lipinski definition) is 2. The molecule has 0 aliphatic carbocycles. The third kappa shape index (κ3) is 2.00. The fourth-order valence-electron chi connectivity index (χ4n) is 2.49. The zero-order chi connectivity index (χ0) is 13.4. The minimum absolute atomic E-state index is 0.632. The lowest BCUT2D eigenvalue weighted by Gasteiger charge is -2.17. The Morgan fingerprint density at radius 2 is 1.33 bits per heavy atom. The molecule has 0 unspecified atom stereocenters. The van der Waals surface area contributed by atoms with Crippen LogP contribution in [0.15, 0.2) is 12.1 Å². The van der Waals surface area contributed by atoms with E-state index in [4.69, 9.17) is 5.73 Å². The summed E-state index contributed by atoms with van der Waals surface area (Å²) in [6, 6.07) is 4.35. The Labute approximate surface area is 114 Å². The van der Waals surface area contributed by atoms with Crippen LogP contribution in [-0.2, 0) is 6.54 Å². The van der Waals surface area contributed by atoms with Crippen LogP contribution in [-0.4, -0.2) is 0 Å². The summed E-state index contributed by atoms with van der Waals surface area (Å²) in [5.41, 5.74) is 14.2. The predicted molar refractivity (Wildman–Crippen MR) is 81.3 cm³/mol. The van der Waals surface area contributed by atoms with E-state index in [0.717, 1.165) is 0 Å². The molecule has 18 heavy (non-hydrogen) atoms. The molecule has 1 heterocycles. The van der Waals surface area contributed by atoms with E-state index in [2.05, 4.69) is 46.8 Å². The summed E-state index contributed by atoms with van der Waals surface area (Å²) in [5, 5.41) is 0. The third-order valence-corrected chi connectivity index (χ3v) is 5.23. The number of benzene rings is 1. The standard InChI is InChI=1S/C16H21NS/c1-9-10(2)12(4)16(13(5)11(9)3)15-7-6-14(8-17)18-15/h6-7H,8,17H2,1-5H3. The van der Waals surface area contributed by atoms with Gasteiger partial charge in [0.1, 0.15) is 0 Å². The van der Waals surface area contributed by atoms with Crippen LogP contribution >= 0.6 is 11.3 Å². The van der Waals surface area contributed by atoms with Crippen molar-refractivity contribution in [2.24, 2.45) is 5.73 Å². The van der Waals surface area contributed by atoms with Gasteiger partial charge in [-0.15, -0.1) is 11.3 Å². The minimum Gasteiger partial charge on any atom is -0.326 e. The van der Waals surface area contributed by atoms with Gasteiger partial charge >= 0.3 is 0 Å². The molecule has 0 saturated heterocycles. The maximum Gasteiger partial charge on any atom is 0.0351 e. The van der Waals surface area contributed by atoms with Crippen molar-refractivity contribution < 1.29 is 0 Å². The van der Waals surface area contributed by atoms with Crippen molar-refractivity contribution in [3.05, 3.63) is 44.8 Å². The van der Waals surface area contributed by atoms with Crippen LogP contribution in [0.2, 0.25) is 0 Å². The van der Waals surface area contributed by atoms with E-state index < -0.39 is 0 Å². The smallest absolute Gasteiger partial charge is 0.0351 e. The lowest BCUT2D eigenvalue weighted by atomic mass is 9.89. The SMILES string of the molecule is Cc1c(C)c(C)c(-c2ccc(CN)s2)c(C)c1C. The number of rotatable bonds is 2. The fraction of sp³-hybridized carbons (Fsp3) is 0.375. The Hall–Kier alpha value is -1.12. The van der Waals surface area contributed by atoms with Crippen molar-refractivity contribution in [2.45, 2.75) is 41.2 Å². The molecular formula is C16H21NS. The molecule has 0 amide bonds. The second-order valence-corrected chi connectivity index (χ2v) is 6.14. The highest BCUT2D eigenvalue weighted by molar-refractivity contribution is 7.15. The van der Waals surface area contributed by atoms with Crippen LogP contribution in [0.5, 0.6) is 0 Å². The van der Waals surface area contributed by atoms with Gasteiger partial charge < -0.3 is 5.73 Å². The molecule has 1 nitrogen and oxygen atoms in total. The second kappa shape index (κ2) is 4.87. The topological polar surface area (TPSA) is 26.0 Å². The molecule has 2 N–H and O–H groups in total. The molecule has 0 bridgehead atoms. The highest BCUT2D eigenvalue weighted by atomic mass is 32.1. The molecule has 1 aromatic carbocycles. The number of nitrogens with two attached hydrogens (primary N) is 1. The molecule has 2 heteroatoms. The molecule has 0 saturated carbocycles. The molecule has 0 spiro atoms. The first-order valence-corrected chi connectivity index (χ1v) is 7.15. The van der Waals surface area contributed by atoms with Gasteiger partial charge in [0, 0.05) is 16.3 Å². The van der Waals surface area contributed by atoms with Crippen molar-refractivity contribution in [1.82, 2.24) is 0 Å². The van der Waals surface area contributed by atoms with Gasteiger partial charge in [-0.3, -0.25) is 0 Å². The molecular weight excluding hydrogens is 238 g/mol. The van der Waals surface area contributed by atoms with Crippen molar-refractivity contribution in [2.75, 3.05) is 0 Å². The van der Waals surface area contributed by atoms with Crippen LogP contribution in [0, 0.1) is 34.6 Å². The van der Waals surface area contributed by atoms with Crippen LogP contribution in [0.3, 0.4) is 0 Å². The molecule has 0 aliphatic rings. The lowest BCUT2D eigenvalue weighted by Crippen LogP contribution is -1.98. The second-order valence-electron chi connectivity index (χ2n) is 4.97. The maximum absolute atomic E-state index is 5.71. The average molecular weight is 259 g/mol. The predicted octanol–water partition coefficient (Wildman–Crippen LogP) is 4.42. The van der Waals surface area contributed by atoms with Gasteiger partial charge in [-0.05, 0) is 80.1 Å². The summed E-state index contributed by atoms with van der Waals surface area (Å²) in [6.07, 6.45) is 0. The summed E-state index contributed by atoms with van der Waals surface area (Å²) in [5.74, 6) is 0. The quantitative estimate of drug-likeness (QED) is 0.849. The fourth-order valence-corrected chi connectivity index (χ4v) is 3.54. The van der Waals surface area contributed by atoms with Crippen molar-refractivity contribution in [3.63, 3.8) is 0 Å². The molecule has 96 valence electrons. The van der Waals surface area contributed by atoms with Crippen LogP contribution < -0.4 is 5.73 Å². The van der Waals surface area contributed by atoms with Crippen LogP contribution in [0.1, 0.15) is 32.7 Å². The third-order valence-electron chi connectivity index (χ3n) is 4.11. The largest absolute Gasteiger partial charge is 0.326 e. The van der Waals surface area contributed by atoms with E-state index in [1.54, 1.807) is 0 Å². The van der Waals surface area contributed by atoms with E-state index in [1.807, 2.05) is 11.3 Å². The summed E-state index contributed by atoms with van der Waals surface area (Å²) in [4.78, 5) is 2.59. The Balaban J connectivity index is 2.71. The first-order chi connectivity index (χ1) is 8.47. The summed E-state index contributed by atoms with van der Waals surface area (Å²) in [7, 11) is 0. The van der Waals surface area contributed by atoms with Crippen LogP contribution in [0.4, 0.5) is 0 Å². The lowest BCUT2D eigenvalue weighted by molar-refractivity contribution is 1.11. The van der Waals surface area contributed by atoms with E-state index in [0.29, 0.717) is 6.54 Å². The van der Waals surface area contributed by atoms with Crippen LogP contribution in [0.25, 0.3) is 10.4 Å². The molecule has 0 aliphatic heterocycles. The van der Waals surface area contributed by atoms with E-state index in [-0.39, 0.29) is 0 Å². The molecule has 0 fully saturated rings. The van der Waals surface area contributed by atoms with E-state index in [9.17, 15) is 0 Å². The van der Waals surface area contributed by atoms with Gasteiger partial charge in [0.25, 0.3) is 0 Å². The highest BCUT2D eigenvalue weighted by Crippen LogP contribution is 2.37. The van der Waals surface area contributed by atoms with Gasteiger partial charge in [-0.1, -0.05) is 0 Å². The summed E-state index contributed by atoms with van der Waals surface area (Å²) < 4.78 is 0. The minimum atomic E-state index is 0.632. The number of thiophene rings is 1. The van der Waals surface area contributed by atoms with Crippen molar-refractivity contribution in [1.29, 1.82) is 0 Å². The summed E-state index contributed by atoms with van der Waals surface area (Å²) >= 11 is 1.81. The van der Waals surface area contributed by atoms with Gasteiger partial charge in [-0.2, -0.15) is 0 Å². The first-order valence-electron chi connectivity index (χ1n) is 6.33. The molecule has 2 aromatic rings. The molecule has 1 aromatic heterocycles. The Bertz CT molecular complexity index is 564. The Kier molecular flexibility index (Phi) is 3.60. The maximum atomic E-state index is 5.71. The zero-order valence-corrected chi connectivity index (χ0v) is 12.7. The average Bonchev–Trinajstić information content (AvgIpc) is 2.83. The zero-order valence-electron chi connectivity index (χ0n) is 11.8. The van der Waals surface area contributed by atoms with Gasteiger partial charge in [0.15, 0.2) is 0 Å². The first kappa shape index (κ1) is 13.3. The van der Waals surface area contributed by atoms with E-state index >= 15 is 0 Å². The van der Waals surface area contributed by atoms with Gasteiger partial charge in [0.05, 0.1) is 0 Å². The molecule has 0 radical (unpaired) electrons. The highest BCUT2D eigenvalue weighted by Gasteiger charge is 2.14. The van der Waals surface area contributed by atoms with Crippen molar-refractivity contribution in [3.8, 4) is 10.4 Å². The van der Waals surface area contributed by atoms with Crippen molar-refractivity contribution >= 4 is 11.3 Å². The summed E-state index contributed by atoms with van der Waals surface area (Å²) in [6.45, 7) is 11.7. The van der Waals surface area contributed by atoms with Gasteiger partial charge in [0.2, 0.25) is 0 Å².